The van der Waals surface area contributed by atoms with E-state index in [1.807, 2.05) is 0 Å². The Bertz CT molecular complexity index is 1010. The van der Waals surface area contributed by atoms with Crippen LogP contribution >= 0.6 is 11.6 Å². The Morgan fingerprint density at radius 3 is 2.70 bits per heavy atom. The van der Waals surface area contributed by atoms with Crippen LogP contribution in [0.5, 0.6) is 0 Å². The zero-order valence-corrected chi connectivity index (χ0v) is 15.8. The van der Waals surface area contributed by atoms with Crippen LogP contribution in [0.2, 0.25) is 5.02 Å². The predicted molar refractivity (Wildman–Crippen MR) is 98.6 cm³/mol. The van der Waals surface area contributed by atoms with Crippen molar-refractivity contribution in [2.45, 2.75) is 28.9 Å². The maximum atomic E-state index is 13.1. The van der Waals surface area contributed by atoms with E-state index in [9.17, 15) is 8.42 Å². The minimum atomic E-state index is -3.91. The van der Waals surface area contributed by atoms with Crippen molar-refractivity contribution in [2.24, 2.45) is 0 Å². The van der Waals surface area contributed by atoms with Crippen LogP contribution in [0, 0.1) is 0 Å². The Hall–Kier alpha value is -2.29. The van der Waals surface area contributed by atoms with Gasteiger partial charge in [-0.1, -0.05) is 11.6 Å². The monoisotopic (exact) mass is 408 g/mol. The number of benzene rings is 1. The highest BCUT2D eigenvalue weighted by molar-refractivity contribution is 7.91. The molecule has 4 rings (SSSR count). The quantitative estimate of drug-likeness (QED) is 0.658. The number of furan rings is 1. The molecule has 3 aromatic rings. The molecule has 1 atom stereocenters. The third kappa shape index (κ3) is 3.73. The van der Waals surface area contributed by atoms with Crippen molar-refractivity contribution >= 4 is 27.3 Å². The number of rotatable bonds is 6. The summed E-state index contributed by atoms with van der Waals surface area (Å²) < 4.78 is 42.7. The number of sulfone groups is 1. The molecule has 9 heteroatoms. The molecule has 0 aliphatic carbocycles. The van der Waals surface area contributed by atoms with Crippen LogP contribution in [-0.2, 0) is 14.6 Å². The Labute approximate surface area is 161 Å². The molecular weight excluding hydrogens is 392 g/mol. The van der Waals surface area contributed by atoms with E-state index < -0.39 is 9.84 Å². The number of aromatic nitrogens is 1. The molecule has 27 heavy (non-hydrogen) atoms. The number of anilines is 1. The van der Waals surface area contributed by atoms with E-state index in [2.05, 4.69) is 10.3 Å². The van der Waals surface area contributed by atoms with Crippen molar-refractivity contribution < 1.29 is 22.0 Å². The number of oxazole rings is 1. The van der Waals surface area contributed by atoms with Gasteiger partial charge in [-0.25, -0.2) is 8.42 Å². The van der Waals surface area contributed by atoms with Gasteiger partial charge in [-0.2, -0.15) is 4.98 Å². The van der Waals surface area contributed by atoms with Gasteiger partial charge in [0.1, 0.15) is 0 Å². The fourth-order valence-corrected chi connectivity index (χ4v) is 4.25. The molecule has 0 amide bonds. The van der Waals surface area contributed by atoms with Crippen LogP contribution < -0.4 is 5.32 Å². The Morgan fingerprint density at radius 2 is 2.04 bits per heavy atom. The summed E-state index contributed by atoms with van der Waals surface area (Å²) in [4.78, 5) is 4.26. The number of nitrogens with zero attached hydrogens (tertiary/aromatic N) is 1. The number of hydrogen-bond acceptors (Lipinski definition) is 7. The molecule has 0 spiro atoms. The summed E-state index contributed by atoms with van der Waals surface area (Å²) in [5.41, 5.74) is 0. The molecule has 7 nitrogen and oxygen atoms in total. The Balaban J connectivity index is 1.71. The normalized spacial score (nSPS) is 17.3. The van der Waals surface area contributed by atoms with Crippen molar-refractivity contribution in [3.63, 3.8) is 0 Å². The first kappa shape index (κ1) is 18.1. The highest BCUT2D eigenvalue weighted by Crippen LogP contribution is 2.33. The first-order valence-corrected chi connectivity index (χ1v) is 10.3. The van der Waals surface area contributed by atoms with Gasteiger partial charge in [-0.05, 0) is 49.2 Å². The Morgan fingerprint density at radius 1 is 1.22 bits per heavy atom. The van der Waals surface area contributed by atoms with E-state index in [-0.39, 0.29) is 27.8 Å². The topological polar surface area (TPSA) is 94.6 Å². The smallest absolute Gasteiger partial charge is 0.266 e. The van der Waals surface area contributed by atoms with Gasteiger partial charge in [0.15, 0.2) is 5.76 Å². The molecule has 1 saturated heterocycles. The van der Waals surface area contributed by atoms with Crippen LogP contribution in [0.1, 0.15) is 12.8 Å². The van der Waals surface area contributed by atoms with Crippen LogP contribution in [0.15, 0.2) is 61.4 Å². The predicted octanol–water partition coefficient (Wildman–Crippen LogP) is 4.01. The van der Waals surface area contributed by atoms with Crippen molar-refractivity contribution in [1.82, 2.24) is 4.98 Å². The maximum absolute atomic E-state index is 13.1. The second-order valence-electron chi connectivity index (χ2n) is 6.10. The van der Waals surface area contributed by atoms with Gasteiger partial charge < -0.3 is 18.9 Å². The fraction of sp³-hybridized carbons (Fsp3) is 0.278. The van der Waals surface area contributed by atoms with Gasteiger partial charge in [-0.15, -0.1) is 0 Å². The van der Waals surface area contributed by atoms with E-state index in [1.165, 1.54) is 30.5 Å². The lowest BCUT2D eigenvalue weighted by molar-refractivity contribution is 0.120. The zero-order valence-electron chi connectivity index (χ0n) is 14.2. The fourth-order valence-electron chi connectivity index (χ4n) is 2.84. The van der Waals surface area contributed by atoms with E-state index >= 15 is 0 Å². The summed E-state index contributed by atoms with van der Waals surface area (Å²) in [6.07, 6.45) is 3.36. The maximum Gasteiger partial charge on any atom is 0.266 e. The highest BCUT2D eigenvalue weighted by atomic mass is 35.5. The molecular formula is C18H17ClN2O5S. The summed E-state index contributed by atoms with van der Waals surface area (Å²) >= 11 is 5.87. The van der Waals surface area contributed by atoms with Crippen molar-refractivity contribution in [3.05, 3.63) is 47.7 Å². The van der Waals surface area contributed by atoms with Crippen molar-refractivity contribution in [2.75, 3.05) is 18.5 Å². The molecule has 0 unspecified atom stereocenters. The SMILES string of the molecule is O=S(=O)(c1ccc(Cl)cc1)c1nc(-c2ccco2)oc1NC[C@@H]1CCCO1. The lowest BCUT2D eigenvalue weighted by Gasteiger charge is -2.10. The molecule has 3 heterocycles. The summed E-state index contributed by atoms with van der Waals surface area (Å²) in [6, 6.07) is 9.22. The molecule has 0 bridgehead atoms. The highest BCUT2D eigenvalue weighted by Gasteiger charge is 2.30. The second kappa shape index (κ2) is 7.38. The number of ether oxygens (including phenoxy) is 1. The lowest BCUT2D eigenvalue weighted by Crippen LogP contribution is -2.19. The average Bonchev–Trinajstić information content (AvgIpc) is 3.40. The van der Waals surface area contributed by atoms with Gasteiger partial charge in [-0.3, -0.25) is 0 Å². The van der Waals surface area contributed by atoms with Gasteiger partial charge in [0, 0.05) is 18.2 Å². The van der Waals surface area contributed by atoms with Crippen LogP contribution in [0.4, 0.5) is 5.88 Å². The number of halogens is 1. The van der Waals surface area contributed by atoms with E-state index in [0.29, 0.717) is 23.9 Å². The van der Waals surface area contributed by atoms with Gasteiger partial charge in [0.25, 0.3) is 5.89 Å². The largest absolute Gasteiger partial charge is 0.459 e. The molecule has 0 saturated carbocycles. The second-order valence-corrected chi connectivity index (χ2v) is 8.41. The average molecular weight is 409 g/mol. The van der Waals surface area contributed by atoms with Gasteiger partial charge in [0.2, 0.25) is 20.7 Å². The molecule has 1 fully saturated rings. The molecule has 1 aliphatic heterocycles. The first-order valence-electron chi connectivity index (χ1n) is 8.45. The third-order valence-electron chi connectivity index (χ3n) is 4.22. The number of nitrogens with one attached hydrogen (secondary N) is 1. The van der Waals surface area contributed by atoms with Crippen LogP contribution in [-0.4, -0.2) is 32.7 Å². The van der Waals surface area contributed by atoms with E-state index in [4.69, 9.17) is 25.2 Å². The van der Waals surface area contributed by atoms with Crippen LogP contribution in [0.3, 0.4) is 0 Å². The Kier molecular flexibility index (Phi) is 4.94. The minimum Gasteiger partial charge on any atom is -0.459 e. The third-order valence-corrected chi connectivity index (χ3v) is 6.15. The summed E-state index contributed by atoms with van der Waals surface area (Å²) in [7, 11) is -3.91. The number of hydrogen-bond donors (Lipinski definition) is 1. The molecule has 1 aliphatic rings. The van der Waals surface area contributed by atoms with Crippen molar-refractivity contribution in [3.8, 4) is 11.7 Å². The standard InChI is InChI=1S/C18H17ClN2O5S/c19-12-5-7-14(8-6-12)27(22,23)18-17(20-11-13-3-1-9-24-13)26-16(21-18)15-4-2-10-25-15/h2,4-8,10,13,20H,1,3,9,11H2/t13-/m0/s1. The molecule has 1 N–H and O–H groups in total. The summed E-state index contributed by atoms with van der Waals surface area (Å²) in [5.74, 6) is 0.488. The zero-order chi connectivity index (χ0) is 18.9. The summed E-state index contributed by atoms with van der Waals surface area (Å²) in [5, 5.41) is 3.27. The minimum absolute atomic E-state index is 0.00764. The molecule has 2 aromatic heterocycles. The van der Waals surface area contributed by atoms with Gasteiger partial charge >= 0.3 is 0 Å². The first-order chi connectivity index (χ1) is 13.0. The van der Waals surface area contributed by atoms with Crippen LogP contribution in [0.25, 0.3) is 11.7 Å². The molecule has 1 aromatic carbocycles. The van der Waals surface area contributed by atoms with E-state index in [1.54, 1.807) is 12.1 Å². The van der Waals surface area contributed by atoms with Crippen molar-refractivity contribution in [1.29, 1.82) is 0 Å². The summed E-state index contributed by atoms with van der Waals surface area (Å²) in [6.45, 7) is 1.13. The lowest BCUT2D eigenvalue weighted by atomic mass is 10.2. The molecule has 142 valence electrons. The van der Waals surface area contributed by atoms with E-state index in [0.717, 1.165) is 12.8 Å². The molecule has 0 radical (unpaired) electrons. The van der Waals surface area contributed by atoms with Gasteiger partial charge in [0.05, 0.1) is 17.3 Å².